The molecule has 2 N–H and O–H groups in total. The molecular weight excluding hydrogens is 326 g/mol. The Kier molecular flexibility index (Phi) is 12.2. The van der Waals surface area contributed by atoms with Gasteiger partial charge in [-0.3, -0.25) is 8.42 Å². The number of aromatic hydroxyl groups is 2. The third-order valence-corrected chi connectivity index (χ3v) is 1.88. The van der Waals surface area contributed by atoms with E-state index < -0.39 is 10.4 Å². The third kappa shape index (κ3) is 9.14. The zero-order valence-corrected chi connectivity index (χ0v) is 17.5. The van der Waals surface area contributed by atoms with Crippen LogP contribution in [0.25, 0.3) is 10.8 Å². The van der Waals surface area contributed by atoms with Gasteiger partial charge in [-0.05, 0) is 12.1 Å². The van der Waals surface area contributed by atoms with Crippen LogP contribution in [-0.4, -0.2) is 27.7 Å². The van der Waals surface area contributed by atoms with Gasteiger partial charge in [-0.1, -0.05) is 24.3 Å². The Morgan fingerprint density at radius 3 is 1.32 bits per heavy atom. The van der Waals surface area contributed by atoms with Crippen LogP contribution in [0.3, 0.4) is 0 Å². The molecule has 0 aliphatic heterocycles. The minimum absolute atomic E-state index is 0. The standard InChI is InChI=1S/C10H8O2.2K.H2O4S/c11-9-5-6-10(12)8-4-2-1-3-7(8)9;;;1-5(2,3)4/h1-6,11-12H;;;(H2,1,2,3,4)/q;2*+1;/p-2. The predicted molar refractivity (Wildman–Crippen MR) is 57.8 cm³/mol. The van der Waals surface area contributed by atoms with E-state index in [1.807, 2.05) is 12.1 Å². The van der Waals surface area contributed by atoms with Gasteiger partial charge in [0.15, 0.2) is 0 Å². The van der Waals surface area contributed by atoms with E-state index in [0.29, 0.717) is 10.8 Å². The number of hydrogen-bond donors (Lipinski definition) is 2. The summed E-state index contributed by atoms with van der Waals surface area (Å²) in [6.07, 6.45) is 0. The molecule has 0 heterocycles. The van der Waals surface area contributed by atoms with Crippen LogP contribution in [0.15, 0.2) is 36.4 Å². The summed E-state index contributed by atoms with van der Waals surface area (Å²) in [7, 11) is -5.17. The molecule has 0 atom stereocenters. The van der Waals surface area contributed by atoms with Crippen molar-refractivity contribution in [2.24, 2.45) is 0 Å². The third-order valence-electron chi connectivity index (χ3n) is 1.88. The first-order valence-corrected chi connectivity index (χ1v) is 5.69. The van der Waals surface area contributed by atoms with Crippen LogP contribution < -0.4 is 103 Å². The summed E-state index contributed by atoms with van der Waals surface area (Å²) in [5, 5.41) is 20.1. The van der Waals surface area contributed by atoms with Crippen molar-refractivity contribution in [3.05, 3.63) is 36.4 Å². The molecule has 19 heavy (non-hydrogen) atoms. The molecule has 0 saturated carbocycles. The Morgan fingerprint density at radius 2 is 1.05 bits per heavy atom. The average molecular weight is 334 g/mol. The summed E-state index contributed by atoms with van der Waals surface area (Å²) in [5.74, 6) is 0.395. The van der Waals surface area contributed by atoms with Gasteiger partial charge in [-0.25, -0.2) is 0 Å². The van der Waals surface area contributed by atoms with Crippen molar-refractivity contribution in [1.82, 2.24) is 0 Å². The average Bonchev–Trinajstić information content (AvgIpc) is 2.22. The number of phenolic OH excluding ortho intramolecular Hbond substituents is 2. The first kappa shape index (κ1) is 22.7. The second kappa shape index (κ2) is 10.2. The smallest absolute Gasteiger partial charge is 0.759 e. The van der Waals surface area contributed by atoms with E-state index in [-0.39, 0.29) is 114 Å². The molecule has 0 spiro atoms. The van der Waals surface area contributed by atoms with E-state index in [4.69, 9.17) is 17.5 Å². The number of fused-ring (bicyclic) bond motifs is 1. The van der Waals surface area contributed by atoms with E-state index >= 15 is 0 Å². The Balaban J connectivity index is 0. The molecule has 0 saturated heterocycles. The molecule has 0 radical (unpaired) electrons. The summed E-state index contributed by atoms with van der Waals surface area (Å²) < 4.78 is 34.1. The second-order valence-electron chi connectivity index (χ2n) is 3.06. The van der Waals surface area contributed by atoms with Crippen LogP contribution in [0, 0.1) is 0 Å². The van der Waals surface area contributed by atoms with E-state index in [1.165, 1.54) is 12.1 Å². The van der Waals surface area contributed by atoms with Crippen LogP contribution in [0.5, 0.6) is 11.5 Å². The Morgan fingerprint density at radius 1 is 0.789 bits per heavy atom. The second-order valence-corrected chi connectivity index (χ2v) is 3.87. The number of rotatable bonds is 0. The summed E-state index contributed by atoms with van der Waals surface area (Å²) in [4.78, 5) is 0. The van der Waals surface area contributed by atoms with Crippen LogP contribution in [0.2, 0.25) is 0 Å². The molecule has 0 unspecified atom stereocenters. The van der Waals surface area contributed by atoms with Crippen molar-refractivity contribution in [2.75, 3.05) is 0 Å². The monoisotopic (exact) mass is 334 g/mol. The normalized spacial score (nSPS) is 9.58. The van der Waals surface area contributed by atoms with Crippen molar-refractivity contribution in [3.63, 3.8) is 0 Å². The maximum absolute atomic E-state index is 9.38. The summed E-state index contributed by atoms with van der Waals surface area (Å²) in [6, 6.07) is 10.1. The first-order valence-electron chi connectivity index (χ1n) is 4.35. The van der Waals surface area contributed by atoms with Gasteiger partial charge in [0.1, 0.15) is 11.5 Å². The van der Waals surface area contributed by atoms with Crippen molar-refractivity contribution in [3.8, 4) is 11.5 Å². The van der Waals surface area contributed by atoms with Gasteiger partial charge in [0.25, 0.3) is 0 Å². The Labute approximate surface area is 195 Å². The Bertz CT molecular complexity index is 580. The maximum atomic E-state index is 9.38. The molecule has 0 aromatic heterocycles. The summed E-state index contributed by atoms with van der Waals surface area (Å²) in [5.41, 5.74) is 0. The number of phenols is 2. The molecule has 9 heteroatoms. The molecule has 92 valence electrons. The summed E-state index contributed by atoms with van der Waals surface area (Å²) >= 11 is 0. The van der Waals surface area contributed by atoms with Gasteiger partial charge < -0.3 is 19.3 Å². The molecule has 2 aromatic rings. The zero-order valence-electron chi connectivity index (χ0n) is 10.4. The van der Waals surface area contributed by atoms with Gasteiger partial charge in [0.2, 0.25) is 0 Å². The topological polar surface area (TPSA) is 121 Å². The molecule has 0 fully saturated rings. The van der Waals surface area contributed by atoms with Crippen molar-refractivity contribution >= 4 is 21.2 Å². The molecule has 2 rings (SSSR count). The van der Waals surface area contributed by atoms with Crippen molar-refractivity contribution < 1.29 is 131 Å². The summed E-state index contributed by atoms with van der Waals surface area (Å²) in [6.45, 7) is 0. The van der Waals surface area contributed by atoms with Crippen molar-refractivity contribution in [1.29, 1.82) is 0 Å². The van der Waals surface area contributed by atoms with Crippen LogP contribution in [-0.2, 0) is 10.4 Å². The van der Waals surface area contributed by atoms with Crippen molar-refractivity contribution in [2.45, 2.75) is 0 Å². The molecule has 0 aliphatic rings. The first-order chi connectivity index (χ1) is 7.79. The van der Waals surface area contributed by atoms with Gasteiger partial charge in [-0.15, -0.1) is 0 Å². The van der Waals surface area contributed by atoms with Gasteiger partial charge in [-0.2, -0.15) is 0 Å². The van der Waals surface area contributed by atoms with E-state index in [0.717, 1.165) is 0 Å². The molecule has 0 bridgehead atoms. The van der Waals surface area contributed by atoms with Gasteiger partial charge in [0, 0.05) is 21.2 Å². The molecular formula is C10H8K2O6S. The van der Waals surface area contributed by atoms with E-state index in [9.17, 15) is 10.2 Å². The van der Waals surface area contributed by atoms with Crippen LogP contribution in [0.1, 0.15) is 0 Å². The SMILES string of the molecule is O=S(=O)([O-])[O-].Oc1ccc(O)c2ccccc12.[K+].[K+]. The molecule has 6 nitrogen and oxygen atoms in total. The minimum atomic E-state index is -5.17. The number of benzene rings is 2. The largest absolute Gasteiger partial charge is 1.00 e. The van der Waals surface area contributed by atoms with Crippen LogP contribution >= 0.6 is 0 Å². The minimum Gasteiger partial charge on any atom is -0.759 e. The predicted octanol–water partition coefficient (Wildman–Crippen LogP) is -5.08. The van der Waals surface area contributed by atoms with Crippen LogP contribution in [0.4, 0.5) is 0 Å². The van der Waals surface area contributed by atoms with Gasteiger partial charge >= 0.3 is 103 Å². The fourth-order valence-corrected chi connectivity index (χ4v) is 1.27. The molecule has 0 amide bonds. The molecule has 2 aromatic carbocycles. The van der Waals surface area contributed by atoms with Gasteiger partial charge in [0.05, 0.1) is 0 Å². The zero-order chi connectivity index (χ0) is 13.1. The quantitative estimate of drug-likeness (QED) is 0.215. The molecule has 0 aliphatic carbocycles. The fourth-order valence-electron chi connectivity index (χ4n) is 1.27. The number of hydrogen-bond acceptors (Lipinski definition) is 6. The maximum Gasteiger partial charge on any atom is 1.00 e. The van der Waals surface area contributed by atoms with E-state index in [1.54, 1.807) is 12.1 Å². The van der Waals surface area contributed by atoms with E-state index in [2.05, 4.69) is 0 Å². The Hall–Kier alpha value is 1.44. The fraction of sp³-hybridized carbons (Fsp3) is 0.